The summed E-state index contributed by atoms with van der Waals surface area (Å²) in [7, 11) is -3.36. The monoisotopic (exact) mass is 395 g/mol. The van der Waals surface area contributed by atoms with E-state index in [1.165, 1.54) is 11.3 Å². The second-order valence-corrected chi connectivity index (χ2v) is 8.81. The van der Waals surface area contributed by atoms with Crippen LogP contribution in [0.5, 0.6) is 0 Å². The molecule has 0 fully saturated rings. The standard InChI is InChI=1S/C17H21N3O4S2/c1-11(2)15(19-16(21)14-5-4-10-25-14)17(22)18-12-6-8-13(9-7-12)20-26(3,23)24/h4-11,15,20H,1-3H3,(H,18,22)(H,19,21). The van der Waals surface area contributed by atoms with Crippen molar-refractivity contribution in [3.8, 4) is 0 Å². The highest BCUT2D eigenvalue weighted by molar-refractivity contribution is 7.92. The first-order chi connectivity index (χ1) is 12.2. The number of carbonyl (C=O) groups excluding carboxylic acids is 2. The Hall–Kier alpha value is -2.39. The van der Waals surface area contributed by atoms with Gasteiger partial charge in [-0.15, -0.1) is 11.3 Å². The van der Waals surface area contributed by atoms with Gasteiger partial charge in [0, 0.05) is 11.4 Å². The first kappa shape index (κ1) is 19.9. The number of nitrogens with one attached hydrogen (secondary N) is 3. The van der Waals surface area contributed by atoms with E-state index in [4.69, 9.17) is 0 Å². The van der Waals surface area contributed by atoms with Gasteiger partial charge in [-0.3, -0.25) is 14.3 Å². The first-order valence-corrected chi connectivity index (χ1v) is 10.7. The lowest BCUT2D eigenvalue weighted by molar-refractivity contribution is -0.118. The first-order valence-electron chi connectivity index (χ1n) is 7.89. The van der Waals surface area contributed by atoms with Crippen LogP contribution in [0.4, 0.5) is 11.4 Å². The molecule has 26 heavy (non-hydrogen) atoms. The third kappa shape index (κ3) is 5.85. The summed E-state index contributed by atoms with van der Waals surface area (Å²) >= 11 is 1.31. The zero-order chi connectivity index (χ0) is 19.3. The van der Waals surface area contributed by atoms with Gasteiger partial charge in [0.2, 0.25) is 15.9 Å². The molecule has 0 bridgehead atoms. The average molecular weight is 396 g/mol. The summed E-state index contributed by atoms with van der Waals surface area (Å²) in [5.74, 6) is -0.736. The number of rotatable bonds is 7. The van der Waals surface area contributed by atoms with Crippen LogP contribution in [-0.2, 0) is 14.8 Å². The predicted octanol–water partition coefficient (Wildman–Crippen LogP) is 2.51. The second-order valence-electron chi connectivity index (χ2n) is 6.11. The Balaban J connectivity index is 2.04. The van der Waals surface area contributed by atoms with E-state index in [0.717, 1.165) is 6.26 Å². The lowest BCUT2D eigenvalue weighted by Crippen LogP contribution is -2.46. The predicted molar refractivity (Wildman–Crippen MR) is 104 cm³/mol. The summed E-state index contributed by atoms with van der Waals surface area (Å²) in [6.45, 7) is 3.69. The van der Waals surface area contributed by atoms with E-state index in [-0.39, 0.29) is 17.7 Å². The molecule has 0 saturated heterocycles. The minimum absolute atomic E-state index is 0.106. The number of hydrogen-bond donors (Lipinski definition) is 3. The average Bonchev–Trinajstić information content (AvgIpc) is 3.07. The maximum absolute atomic E-state index is 12.5. The molecule has 9 heteroatoms. The Bertz CT molecular complexity index is 860. The van der Waals surface area contributed by atoms with Gasteiger partial charge in [-0.05, 0) is 41.6 Å². The van der Waals surface area contributed by atoms with E-state index >= 15 is 0 Å². The molecule has 140 valence electrons. The van der Waals surface area contributed by atoms with Crippen molar-refractivity contribution in [2.75, 3.05) is 16.3 Å². The van der Waals surface area contributed by atoms with Crippen LogP contribution < -0.4 is 15.4 Å². The molecule has 2 aromatic rings. The molecule has 2 amide bonds. The van der Waals surface area contributed by atoms with Crippen molar-refractivity contribution in [3.05, 3.63) is 46.7 Å². The summed E-state index contributed by atoms with van der Waals surface area (Å²) in [5, 5.41) is 7.28. The molecule has 1 heterocycles. The zero-order valence-corrected chi connectivity index (χ0v) is 16.3. The summed E-state index contributed by atoms with van der Waals surface area (Å²) in [5.41, 5.74) is 0.905. The molecule has 2 rings (SSSR count). The molecule has 1 aromatic heterocycles. The normalized spacial score (nSPS) is 12.5. The smallest absolute Gasteiger partial charge is 0.262 e. The summed E-state index contributed by atoms with van der Waals surface area (Å²) in [6.07, 6.45) is 1.06. The fraction of sp³-hybridized carbons (Fsp3) is 0.294. The van der Waals surface area contributed by atoms with Crippen LogP contribution >= 0.6 is 11.3 Å². The van der Waals surface area contributed by atoms with Crippen molar-refractivity contribution < 1.29 is 18.0 Å². The molecule has 0 spiro atoms. The van der Waals surface area contributed by atoms with Crippen LogP contribution in [0.3, 0.4) is 0 Å². The molecular weight excluding hydrogens is 374 g/mol. The molecular formula is C17H21N3O4S2. The van der Waals surface area contributed by atoms with Gasteiger partial charge in [-0.2, -0.15) is 0 Å². The van der Waals surface area contributed by atoms with Crippen molar-refractivity contribution in [2.24, 2.45) is 5.92 Å². The Morgan fingerprint density at radius 2 is 1.65 bits per heavy atom. The second kappa shape index (κ2) is 8.33. The Labute approximate surface area is 156 Å². The molecule has 7 nitrogen and oxygen atoms in total. The van der Waals surface area contributed by atoms with E-state index in [1.807, 2.05) is 13.8 Å². The highest BCUT2D eigenvalue weighted by Gasteiger charge is 2.25. The fourth-order valence-corrected chi connectivity index (χ4v) is 3.40. The Morgan fingerprint density at radius 1 is 1.04 bits per heavy atom. The summed E-state index contributed by atoms with van der Waals surface area (Å²) in [4.78, 5) is 25.3. The van der Waals surface area contributed by atoms with E-state index in [1.54, 1.807) is 41.8 Å². The van der Waals surface area contributed by atoms with E-state index in [0.29, 0.717) is 16.3 Å². The minimum atomic E-state index is -3.36. The van der Waals surface area contributed by atoms with Gasteiger partial charge >= 0.3 is 0 Å². The van der Waals surface area contributed by atoms with Crippen LogP contribution in [0.2, 0.25) is 0 Å². The van der Waals surface area contributed by atoms with Gasteiger partial charge in [0.15, 0.2) is 0 Å². The van der Waals surface area contributed by atoms with Gasteiger partial charge in [-0.1, -0.05) is 19.9 Å². The van der Waals surface area contributed by atoms with E-state index in [2.05, 4.69) is 15.4 Å². The van der Waals surface area contributed by atoms with Crippen molar-refractivity contribution in [1.29, 1.82) is 0 Å². The van der Waals surface area contributed by atoms with Crippen molar-refractivity contribution in [2.45, 2.75) is 19.9 Å². The van der Waals surface area contributed by atoms with Crippen LogP contribution in [0.1, 0.15) is 23.5 Å². The maximum Gasteiger partial charge on any atom is 0.262 e. The Morgan fingerprint density at radius 3 is 2.15 bits per heavy atom. The third-order valence-electron chi connectivity index (χ3n) is 3.44. The zero-order valence-electron chi connectivity index (χ0n) is 14.6. The number of amides is 2. The number of carbonyl (C=O) groups is 2. The van der Waals surface area contributed by atoms with Crippen molar-refractivity contribution >= 4 is 44.5 Å². The third-order valence-corrected chi connectivity index (χ3v) is 4.91. The SMILES string of the molecule is CC(C)C(NC(=O)c1cccs1)C(=O)Nc1ccc(NS(C)(=O)=O)cc1. The van der Waals surface area contributed by atoms with Gasteiger partial charge in [0.1, 0.15) is 6.04 Å². The molecule has 1 atom stereocenters. The molecule has 0 aliphatic carbocycles. The summed E-state index contributed by atoms with van der Waals surface area (Å²) in [6, 6.07) is 9.04. The number of anilines is 2. The summed E-state index contributed by atoms with van der Waals surface area (Å²) < 4.78 is 24.8. The van der Waals surface area contributed by atoms with Crippen LogP contribution in [-0.4, -0.2) is 32.5 Å². The lowest BCUT2D eigenvalue weighted by atomic mass is 10.0. The molecule has 0 radical (unpaired) electrons. The molecule has 3 N–H and O–H groups in total. The van der Waals surface area contributed by atoms with Gasteiger partial charge in [0.25, 0.3) is 5.91 Å². The molecule has 0 aliphatic heterocycles. The molecule has 0 aliphatic rings. The van der Waals surface area contributed by atoms with E-state index in [9.17, 15) is 18.0 Å². The number of benzene rings is 1. The minimum Gasteiger partial charge on any atom is -0.339 e. The number of thiophene rings is 1. The van der Waals surface area contributed by atoms with Crippen LogP contribution in [0, 0.1) is 5.92 Å². The largest absolute Gasteiger partial charge is 0.339 e. The maximum atomic E-state index is 12.5. The number of sulfonamides is 1. The van der Waals surface area contributed by atoms with Crippen molar-refractivity contribution in [1.82, 2.24) is 5.32 Å². The Kier molecular flexibility index (Phi) is 6.38. The fourth-order valence-electron chi connectivity index (χ4n) is 2.21. The van der Waals surface area contributed by atoms with Gasteiger partial charge < -0.3 is 10.6 Å². The van der Waals surface area contributed by atoms with Gasteiger partial charge in [-0.25, -0.2) is 8.42 Å². The molecule has 1 unspecified atom stereocenters. The molecule has 0 saturated carbocycles. The lowest BCUT2D eigenvalue weighted by Gasteiger charge is -2.21. The number of hydrogen-bond acceptors (Lipinski definition) is 5. The van der Waals surface area contributed by atoms with Crippen molar-refractivity contribution in [3.63, 3.8) is 0 Å². The quantitative estimate of drug-likeness (QED) is 0.670. The van der Waals surface area contributed by atoms with Crippen LogP contribution in [0.15, 0.2) is 41.8 Å². The van der Waals surface area contributed by atoms with E-state index < -0.39 is 16.1 Å². The highest BCUT2D eigenvalue weighted by atomic mass is 32.2. The topological polar surface area (TPSA) is 104 Å². The highest BCUT2D eigenvalue weighted by Crippen LogP contribution is 2.16. The van der Waals surface area contributed by atoms with Crippen LogP contribution in [0.25, 0.3) is 0 Å². The molecule has 1 aromatic carbocycles. The van der Waals surface area contributed by atoms with Gasteiger partial charge in [0.05, 0.1) is 11.1 Å².